The van der Waals surface area contributed by atoms with Crippen LogP contribution in [0.15, 0.2) is 24.3 Å². The molecular weight excluding hydrogens is 391 g/mol. The molecular formula is C21H31BO4S2. The second kappa shape index (κ2) is 8.21. The molecule has 28 heavy (non-hydrogen) atoms. The van der Waals surface area contributed by atoms with Crippen LogP contribution < -0.4 is 4.78 Å². The number of rotatable bonds is 8. The van der Waals surface area contributed by atoms with E-state index in [0.29, 0.717) is 11.3 Å². The van der Waals surface area contributed by atoms with Crippen LogP contribution in [0.2, 0.25) is 0 Å². The lowest BCUT2D eigenvalue weighted by atomic mass is 9.88. The van der Waals surface area contributed by atoms with Gasteiger partial charge in [-0.15, -0.1) is 22.7 Å². The molecule has 154 valence electrons. The molecule has 7 heteroatoms. The third-order valence-electron chi connectivity index (χ3n) is 5.73. The Balaban J connectivity index is 1.70. The van der Waals surface area contributed by atoms with E-state index in [0.717, 1.165) is 40.2 Å². The van der Waals surface area contributed by atoms with Gasteiger partial charge >= 0.3 is 7.12 Å². The molecule has 4 nitrogen and oxygen atoms in total. The van der Waals surface area contributed by atoms with Gasteiger partial charge in [0.1, 0.15) is 0 Å². The lowest BCUT2D eigenvalue weighted by Crippen LogP contribution is -2.41. The van der Waals surface area contributed by atoms with Crippen molar-refractivity contribution >= 4 is 34.6 Å². The molecule has 0 aromatic carbocycles. The van der Waals surface area contributed by atoms with Crippen LogP contribution in [0, 0.1) is 0 Å². The van der Waals surface area contributed by atoms with Gasteiger partial charge in [0.05, 0.1) is 16.1 Å². The number of unbranched alkanes of at least 4 members (excludes halogenated alkanes) is 3. The largest absolute Gasteiger partial charge is 0.505 e. The molecule has 0 saturated carbocycles. The fourth-order valence-corrected chi connectivity index (χ4v) is 5.26. The Morgan fingerprint density at radius 3 is 2.14 bits per heavy atom. The highest BCUT2D eigenvalue weighted by molar-refractivity contribution is 7.28. The predicted octanol–water partition coefficient (Wildman–Crippen LogP) is 4.88. The molecule has 0 radical (unpaired) electrons. The Morgan fingerprint density at radius 1 is 0.893 bits per heavy atom. The lowest BCUT2D eigenvalue weighted by Gasteiger charge is -2.32. The third-order valence-corrected chi connectivity index (χ3v) is 8.26. The van der Waals surface area contributed by atoms with E-state index in [-0.39, 0.29) is 18.3 Å². The van der Waals surface area contributed by atoms with E-state index in [1.54, 1.807) is 11.3 Å². The second-order valence-electron chi connectivity index (χ2n) is 8.58. The molecule has 1 aliphatic rings. The minimum absolute atomic E-state index is 0.358. The highest BCUT2D eigenvalue weighted by atomic mass is 32.1. The van der Waals surface area contributed by atoms with Gasteiger partial charge in [-0.1, -0.05) is 32.3 Å². The summed E-state index contributed by atoms with van der Waals surface area (Å²) in [6.45, 7) is 10.4. The summed E-state index contributed by atoms with van der Waals surface area (Å²) in [5.74, 6) is -1.75. The van der Waals surface area contributed by atoms with Gasteiger partial charge in [-0.2, -0.15) is 0 Å². The van der Waals surface area contributed by atoms with Crippen LogP contribution in [0.4, 0.5) is 0 Å². The fraction of sp³-hybridized carbons (Fsp3) is 0.619. The van der Waals surface area contributed by atoms with E-state index in [1.807, 2.05) is 18.2 Å². The van der Waals surface area contributed by atoms with Gasteiger partial charge in [0.15, 0.2) is 5.79 Å². The lowest BCUT2D eigenvalue weighted by molar-refractivity contribution is -0.172. The van der Waals surface area contributed by atoms with Crippen LogP contribution in [-0.2, 0) is 15.1 Å². The summed E-state index contributed by atoms with van der Waals surface area (Å²) < 4.78 is 13.3. The normalized spacial score (nSPS) is 18.8. The van der Waals surface area contributed by atoms with Crippen LogP contribution in [0.5, 0.6) is 0 Å². The van der Waals surface area contributed by atoms with Crippen molar-refractivity contribution in [3.05, 3.63) is 29.1 Å². The van der Waals surface area contributed by atoms with Crippen molar-refractivity contribution in [3.8, 4) is 9.75 Å². The van der Waals surface area contributed by atoms with Gasteiger partial charge < -0.3 is 19.5 Å². The highest BCUT2D eigenvalue weighted by Crippen LogP contribution is 2.39. The molecule has 0 amide bonds. The Hall–Kier alpha value is -0.695. The molecule has 0 aliphatic carbocycles. The summed E-state index contributed by atoms with van der Waals surface area (Å²) in [6.07, 6.45) is 4.48. The van der Waals surface area contributed by atoms with Gasteiger partial charge in [-0.3, -0.25) is 0 Å². The summed E-state index contributed by atoms with van der Waals surface area (Å²) >= 11 is 3.07. The van der Waals surface area contributed by atoms with Crippen molar-refractivity contribution in [1.82, 2.24) is 0 Å². The van der Waals surface area contributed by atoms with Crippen molar-refractivity contribution in [2.45, 2.75) is 83.7 Å². The molecule has 3 heterocycles. The summed E-state index contributed by atoms with van der Waals surface area (Å²) in [5, 5.41) is 20.9. The van der Waals surface area contributed by atoms with Crippen molar-refractivity contribution < 1.29 is 19.5 Å². The van der Waals surface area contributed by atoms with Crippen LogP contribution in [0.25, 0.3) is 9.75 Å². The molecule has 0 spiro atoms. The number of thiophene rings is 2. The molecule has 0 bridgehead atoms. The van der Waals surface area contributed by atoms with Crippen LogP contribution >= 0.6 is 22.7 Å². The highest BCUT2D eigenvalue weighted by Gasteiger charge is 2.52. The second-order valence-corrected chi connectivity index (χ2v) is 10.8. The molecule has 2 aromatic rings. The van der Waals surface area contributed by atoms with Gasteiger partial charge in [0.2, 0.25) is 0 Å². The molecule has 1 saturated heterocycles. The average Bonchev–Trinajstić information content (AvgIpc) is 3.30. The summed E-state index contributed by atoms with van der Waals surface area (Å²) in [6, 6.07) is 7.89. The first kappa shape index (κ1) is 22.0. The van der Waals surface area contributed by atoms with Crippen molar-refractivity contribution in [2.24, 2.45) is 0 Å². The molecule has 2 N–H and O–H groups in total. The van der Waals surface area contributed by atoms with E-state index in [4.69, 9.17) is 9.31 Å². The molecule has 2 aromatic heterocycles. The SMILES string of the molecule is CCCCCCC(O)(O)c1ccc(-c2ccc(B3OC(C)(C)C(C)(C)O3)s2)s1. The molecule has 3 rings (SSSR count). The number of hydrogen-bond donors (Lipinski definition) is 2. The van der Waals surface area contributed by atoms with E-state index < -0.39 is 5.79 Å². The quantitative estimate of drug-likeness (QED) is 0.362. The Labute approximate surface area is 176 Å². The van der Waals surface area contributed by atoms with E-state index in [1.165, 1.54) is 11.3 Å². The van der Waals surface area contributed by atoms with Crippen molar-refractivity contribution in [1.29, 1.82) is 0 Å². The first-order chi connectivity index (χ1) is 13.1. The number of aliphatic hydroxyl groups is 2. The standard InChI is InChI=1S/C21H31BO4S2/c1-6-7-8-9-14-21(23,24)17-12-10-15(27-17)16-11-13-18(28-16)22-25-19(2,3)20(4,5)26-22/h10-13,23-24H,6-9,14H2,1-5H3. The molecule has 1 fully saturated rings. The average molecular weight is 422 g/mol. The van der Waals surface area contributed by atoms with Crippen LogP contribution in [0.1, 0.15) is 71.6 Å². The maximum absolute atomic E-state index is 10.5. The zero-order chi connectivity index (χ0) is 20.6. The Bertz CT molecular complexity index is 778. The number of hydrogen-bond acceptors (Lipinski definition) is 6. The summed E-state index contributed by atoms with van der Waals surface area (Å²) in [4.78, 5) is 2.72. The van der Waals surface area contributed by atoms with Gasteiger partial charge in [0.25, 0.3) is 0 Å². The van der Waals surface area contributed by atoms with Gasteiger partial charge in [0, 0.05) is 21.0 Å². The van der Waals surface area contributed by atoms with E-state index >= 15 is 0 Å². The third kappa shape index (κ3) is 4.55. The van der Waals surface area contributed by atoms with Gasteiger partial charge in [-0.05, 0) is 52.3 Å². The summed E-state index contributed by atoms with van der Waals surface area (Å²) in [5.41, 5.74) is -0.716. The minimum atomic E-state index is -1.75. The fourth-order valence-electron chi connectivity index (χ4n) is 3.18. The first-order valence-electron chi connectivity index (χ1n) is 10.1. The Kier molecular flexibility index (Phi) is 6.45. The van der Waals surface area contributed by atoms with Crippen LogP contribution in [-0.4, -0.2) is 28.5 Å². The Morgan fingerprint density at radius 2 is 1.50 bits per heavy atom. The van der Waals surface area contributed by atoms with Crippen molar-refractivity contribution in [3.63, 3.8) is 0 Å². The van der Waals surface area contributed by atoms with E-state index in [2.05, 4.69) is 40.7 Å². The first-order valence-corrected chi connectivity index (χ1v) is 11.7. The monoisotopic (exact) mass is 422 g/mol. The smallest absolute Gasteiger partial charge is 0.399 e. The maximum Gasteiger partial charge on any atom is 0.505 e. The minimum Gasteiger partial charge on any atom is -0.399 e. The topological polar surface area (TPSA) is 58.9 Å². The van der Waals surface area contributed by atoms with Crippen LogP contribution in [0.3, 0.4) is 0 Å². The van der Waals surface area contributed by atoms with Gasteiger partial charge in [-0.25, -0.2) is 0 Å². The van der Waals surface area contributed by atoms with Crippen molar-refractivity contribution in [2.75, 3.05) is 0 Å². The summed E-state index contributed by atoms with van der Waals surface area (Å²) in [7, 11) is -0.364. The zero-order valence-electron chi connectivity index (χ0n) is 17.4. The van der Waals surface area contributed by atoms with E-state index in [9.17, 15) is 10.2 Å². The molecule has 1 aliphatic heterocycles. The maximum atomic E-state index is 10.5. The molecule has 0 atom stereocenters. The molecule has 0 unspecified atom stereocenters. The predicted molar refractivity (Wildman–Crippen MR) is 118 cm³/mol. The zero-order valence-corrected chi connectivity index (χ0v) is 19.1.